The van der Waals surface area contributed by atoms with Crippen LogP contribution in [-0.2, 0) is 6.42 Å². The molecule has 0 bridgehead atoms. The van der Waals surface area contributed by atoms with Crippen LogP contribution in [0.1, 0.15) is 41.6 Å². The molecule has 2 N–H and O–H groups in total. The minimum absolute atomic E-state index is 0.171. The second-order valence-electron chi connectivity index (χ2n) is 4.69. The fourth-order valence-corrected chi connectivity index (χ4v) is 2.35. The van der Waals surface area contributed by atoms with E-state index >= 15 is 0 Å². The van der Waals surface area contributed by atoms with Crippen LogP contribution in [0.3, 0.4) is 0 Å². The molecule has 0 aliphatic heterocycles. The summed E-state index contributed by atoms with van der Waals surface area (Å²) in [7, 11) is 0. The Morgan fingerprint density at radius 3 is 2.79 bits per heavy atom. The zero-order valence-corrected chi connectivity index (χ0v) is 10.8. The van der Waals surface area contributed by atoms with Crippen molar-refractivity contribution in [3.63, 3.8) is 0 Å². The van der Waals surface area contributed by atoms with Crippen molar-refractivity contribution in [3.8, 4) is 5.75 Å². The molecule has 0 aromatic heterocycles. The van der Waals surface area contributed by atoms with E-state index in [4.69, 9.17) is 14.9 Å². The van der Waals surface area contributed by atoms with Gasteiger partial charge in [0.05, 0.1) is 5.56 Å². The molecular formula is C15H18O4. The van der Waals surface area contributed by atoms with Gasteiger partial charge in [-0.3, -0.25) is 0 Å². The lowest BCUT2D eigenvalue weighted by Crippen LogP contribution is -2.04. The molecule has 0 fully saturated rings. The summed E-state index contributed by atoms with van der Waals surface area (Å²) in [5.41, 5.74) is 2.45. The van der Waals surface area contributed by atoms with E-state index in [1.165, 1.54) is 24.5 Å². The van der Waals surface area contributed by atoms with Crippen molar-refractivity contribution in [2.24, 2.45) is 0 Å². The van der Waals surface area contributed by atoms with E-state index in [9.17, 15) is 4.79 Å². The van der Waals surface area contributed by atoms with Crippen molar-refractivity contribution in [2.75, 3.05) is 6.79 Å². The summed E-state index contributed by atoms with van der Waals surface area (Å²) in [5.74, 6) is -0.542. The highest BCUT2D eigenvalue weighted by molar-refractivity contribution is 5.88. The summed E-state index contributed by atoms with van der Waals surface area (Å²) in [4.78, 5) is 10.9. The van der Waals surface area contributed by atoms with Crippen LogP contribution in [0.4, 0.5) is 0 Å². The van der Waals surface area contributed by atoms with Crippen molar-refractivity contribution >= 4 is 5.97 Å². The second kappa shape index (κ2) is 6.38. The standard InChI is InChI=1S/C15H18O4/c16-10-19-14-9-13(15(17)18)7-6-12(14)8-11-4-2-1-3-5-11/h4,6-7,9,16H,1-3,5,8,10H2,(H,17,18). The molecule has 0 amide bonds. The number of rotatable bonds is 5. The Morgan fingerprint density at radius 2 is 2.16 bits per heavy atom. The van der Waals surface area contributed by atoms with Crippen molar-refractivity contribution in [3.05, 3.63) is 41.0 Å². The molecule has 19 heavy (non-hydrogen) atoms. The molecule has 0 saturated heterocycles. The van der Waals surface area contributed by atoms with Gasteiger partial charge in [0.15, 0.2) is 6.79 Å². The van der Waals surface area contributed by atoms with Gasteiger partial charge in [0.2, 0.25) is 0 Å². The van der Waals surface area contributed by atoms with E-state index in [2.05, 4.69) is 6.08 Å². The molecule has 0 atom stereocenters. The van der Waals surface area contributed by atoms with Crippen LogP contribution in [0.2, 0.25) is 0 Å². The Balaban J connectivity index is 2.22. The van der Waals surface area contributed by atoms with E-state index in [0.717, 1.165) is 24.8 Å². The molecule has 1 aliphatic rings. The predicted molar refractivity (Wildman–Crippen MR) is 71.4 cm³/mol. The number of benzene rings is 1. The number of carboxylic acids is 1. The van der Waals surface area contributed by atoms with Crippen molar-refractivity contribution < 1.29 is 19.7 Å². The van der Waals surface area contributed by atoms with Gasteiger partial charge in [-0.15, -0.1) is 0 Å². The van der Waals surface area contributed by atoms with Gasteiger partial charge in [0.1, 0.15) is 5.75 Å². The van der Waals surface area contributed by atoms with Crippen molar-refractivity contribution in [1.82, 2.24) is 0 Å². The number of allylic oxidation sites excluding steroid dienone is 2. The molecule has 2 rings (SSSR count). The smallest absolute Gasteiger partial charge is 0.335 e. The third kappa shape index (κ3) is 3.58. The third-order valence-corrected chi connectivity index (χ3v) is 3.34. The van der Waals surface area contributed by atoms with E-state index in [1.54, 1.807) is 12.1 Å². The van der Waals surface area contributed by atoms with Gasteiger partial charge < -0.3 is 14.9 Å². The molecule has 1 aromatic carbocycles. The number of aromatic carboxylic acids is 1. The van der Waals surface area contributed by atoms with Gasteiger partial charge in [0, 0.05) is 0 Å². The molecule has 0 spiro atoms. The maximum Gasteiger partial charge on any atom is 0.335 e. The van der Waals surface area contributed by atoms with Crippen LogP contribution in [-0.4, -0.2) is 23.0 Å². The summed E-state index contributed by atoms with van der Waals surface area (Å²) < 4.78 is 5.13. The first-order chi connectivity index (χ1) is 9.20. The van der Waals surface area contributed by atoms with Gasteiger partial charge in [-0.1, -0.05) is 17.7 Å². The van der Waals surface area contributed by atoms with Gasteiger partial charge in [-0.2, -0.15) is 0 Å². The molecular weight excluding hydrogens is 244 g/mol. The summed E-state index contributed by atoms with van der Waals surface area (Å²) >= 11 is 0. The van der Waals surface area contributed by atoms with Gasteiger partial charge in [-0.25, -0.2) is 4.79 Å². The fraction of sp³-hybridized carbons (Fsp3) is 0.400. The van der Waals surface area contributed by atoms with Gasteiger partial charge in [0.25, 0.3) is 0 Å². The van der Waals surface area contributed by atoms with E-state index in [0.29, 0.717) is 5.75 Å². The normalized spacial score (nSPS) is 14.9. The highest BCUT2D eigenvalue weighted by Crippen LogP contribution is 2.27. The largest absolute Gasteiger partial charge is 0.478 e. The van der Waals surface area contributed by atoms with Crippen LogP contribution in [0.25, 0.3) is 0 Å². The molecule has 0 heterocycles. The Bertz CT molecular complexity index is 491. The average Bonchev–Trinajstić information content (AvgIpc) is 2.42. The van der Waals surface area contributed by atoms with E-state index in [1.807, 2.05) is 0 Å². The maximum absolute atomic E-state index is 10.9. The van der Waals surface area contributed by atoms with Crippen molar-refractivity contribution in [2.45, 2.75) is 32.1 Å². The molecule has 0 radical (unpaired) electrons. The highest BCUT2D eigenvalue weighted by atomic mass is 16.6. The quantitative estimate of drug-likeness (QED) is 0.632. The Labute approximate surface area is 112 Å². The number of carbonyl (C=O) groups is 1. The van der Waals surface area contributed by atoms with Crippen LogP contribution in [0.15, 0.2) is 29.8 Å². The molecule has 4 heteroatoms. The number of hydrogen-bond acceptors (Lipinski definition) is 3. The number of ether oxygens (including phenoxy) is 1. The molecule has 102 valence electrons. The number of aliphatic hydroxyl groups excluding tert-OH is 1. The van der Waals surface area contributed by atoms with Crippen molar-refractivity contribution in [1.29, 1.82) is 0 Å². The third-order valence-electron chi connectivity index (χ3n) is 3.34. The molecule has 1 aliphatic carbocycles. The monoisotopic (exact) mass is 262 g/mol. The van der Waals surface area contributed by atoms with E-state index < -0.39 is 12.8 Å². The summed E-state index contributed by atoms with van der Waals surface area (Å²) in [6.45, 7) is -0.449. The second-order valence-corrected chi connectivity index (χ2v) is 4.69. The zero-order chi connectivity index (χ0) is 13.7. The van der Waals surface area contributed by atoms with Crippen LogP contribution < -0.4 is 4.74 Å². The van der Waals surface area contributed by atoms with Gasteiger partial charge >= 0.3 is 5.97 Å². The van der Waals surface area contributed by atoms with Crippen LogP contribution >= 0.6 is 0 Å². The first kappa shape index (κ1) is 13.6. The summed E-state index contributed by atoms with van der Waals surface area (Å²) in [6.07, 6.45) is 7.64. The molecule has 0 saturated carbocycles. The molecule has 0 unspecified atom stereocenters. The number of aliphatic hydroxyl groups is 1. The summed E-state index contributed by atoms with van der Waals surface area (Å²) in [6, 6.07) is 4.81. The Kier molecular flexibility index (Phi) is 4.58. The Hall–Kier alpha value is -1.81. The van der Waals surface area contributed by atoms with Gasteiger partial charge in [-0.05, 0) is 49.8 Å². The first-order valence-corrected chi connectivity index (χ1v) is 6.48. The number of hydrogen-bond donors (Lipinski definition) is 2. The SMILES string of the molecule is O=C(O)c1ccc(CC2=CCCCC2)c(OCO)c1. The lowest BCUT2D eigenvalue weighted by Gasteiger charge is -2.15. The topological polar surface area (TPSA) is 66.8 Å². The molecule has 1 aromatic rings. The zero-order valence-electron chi connectivity index (χ0n) is 10.8. The summed E-state index contributed by atoms with van der Waals surface area (Å²) in [5, 5.41) is 17.9. The van der Waals surface area contributed by atoms with E-state index in [-0.39, 0.29) is 5.56 Å². The lowest BCUT2D eigenvalue weighted by atomic mass is 9.93. The number of carboxylic acid groups (broad SMARTS) is 1. The van der Waals surface area contributed by atoms with Crippen LogP contribution in [0.5, 0.6) is 5.75 Å². The van der Waals surface area contributed by atoms with Crippen LogP contribution in [0, 0.1) is 0 Å². The maximum atomic E-state index is 10.9. The molecule has 4 nitrogen and oxygen atoms in total. The lowest BCUT2D eigenvalue weighted by molar-refractivity contribution is 0.0693. The first-order valence-electron chi connectivity index (χ1n) is 6.48. The minimum Gasteiger partial charge on any atom is -0.478 e. The average molecular weight is 262 g/mol. The highest BCUT2D eigenvalue weighted by Gasteiger charge is 2.12. The fourth-order valence-electron chi connectivity index (χ4n) is 2.35. The Morgan fingerprint density at radius 1 is 1.32 bits per heavy atom. The minimum atomic E-state index is -0.994. The predicted octanol–water partition coefficient (Wildman–Crippen LogP) is 2.76.